The third-order valence-corrected chi connectivity index (χ3v) is 3.81. The minimum absolute atomic E-state index is 0. The summed E-state index contributed by atoms with van der Waals surface area (Å²) in [6.45, 7) is 1.24. The Labute approximate surface area is 107 Å². The van der Waals surface area contributed by atoms with Crippen LogP contribution in [0.15, 0.2) is 0 Å². The number of primary amides is 1. The lowest BCUT2D eigenvalue weighted by atomic mass is 9.79. The summed E-state index contributed by atoms with van der Waals surface area (Å²) in [7, 11) is 0. The molecular weight excluding hydrogens is 242 g/mol. The van der Waals surface area contributed by atoms with Crippen molar-refractivity contribution in [1.82, 2.24) is 4.90 Å². The fourth-order valence-electron chi connectivity index (χ4n) is 2.58. The second-order valence-corrected chi connectivity index (χ2v) is 4.86. The zero-order chi connectivity index (χ0) is 11.7. The average Bonchev–Trinajstić information content (AvgIpc) is 3.08. The lowest BCUT2D eigenvalue weighted by molar-refractivity contribution is -0.124. The first-order valence-corrected chi connectivity index (χ1v) is 5.93. The van der Waals surface area contributed by atoms with Gasteiger partial charge in [-0.15, -0.1) is 12.4 Å². The molecule has 6 heteroatoms. The van der Waals surface area contributed by atoms with E-state index in [4.69, 9.17) is 11.5 Å². The molecule has 0 aromatic carbocycles. The number of Topliss-reactive ketones (excluding diaryl/α,β-unsaturated/α-hetero) is 1. The highest BCUT2D eigenvalue weighted by Crippen LogP contribution is 2.32. The minimum atomic E-state index is -0.478. The van der Waals surface area contributed by atoms with Crippen LogP contribution < -0.4 is 11.5 Å². The van der Waals surface area contributed by atoms with Gasteiger partial charge < -0.3 is 16.4 Å². The Morgan fingerprint density at radius 3 is 2.18 bits per heavy atom. The predicted octanol–water partition coefficient (Wildman–Crippen LogP) is 0.505. The van der Waals surface area contributed by atoms with Crippen molar-refractivity contribution in [3.05, 3.63) is 0 Å². The van der Waals surface area contributed by atoms with Crippen LogP contribution in [-0.2, 0) is 4.79 Å². The van der Waals surface area contributed by atoms with E-state index in [0.29, 0.717) is 12.5 Å². The molecule has 2 aliphatic rings. The molecule has 5 nitrogen and oxygen atoms in total. The van der Waals surface area contributed by atoms with Gasteiger partial charge in [0.15, 0.2) is 5.78 Å². The summed E-state index contributed by atoms with van der Waals surface area (Å²) < 4.78 is 0. The number of nitrogens with zero attached hydrogens (tertiary/aromatic N) is 1. The predicted molar refractivity (Wildman–Crippen MR) is 66.8 cm³/mol. The van der Waals surface area contributed by atoms with Gasteiger partial charge in [-0.3, -0.25) is 4.79 Å². The second-order valence-electron chi connectivity index (χ2n) is 4.86. The maximum absolute atomic E-state index is 12.0. The Bertz CT molecular complexity index is 303. The molecule has 17 heavy (non-hydrogen) atoms. The number of hydrogen-bond donors (Lipinski definition) is 2. The average molecular weight is 262 g/mol. The fraction of sp³-hybridized carbons (Fsp3) is 0.818. The van der Waals surface area contributed by atoms with Crippen LogP contribution in [0.4, 0.5) is 4.79 Å². The van der Waals surface area contributed by atoms with E-state index in [9.17, 15) is 9.59 Å². The molecule has 0 radical (unpaired) electrons. The van der Waals surface area contributed by atoms with Crippen molar-refractivity contribution in [2.75, 3.05) is 13.1 Å². The highest BCUT2D eigenvalue weighted by molar-refractivity contribution is 5.94. The molecule has 1 aliphatic carbocycles. The van der Waals surface area contributed by atoms with Crippen molar-refractivity contribution >= 4 is 24.2 Å². The zero-order valence-electron chi connectivity index (χ0n) is 9.80. The molecule has 2 amide bonds. The van der Waals surface area contributed by atoms with E-state index in [1.165, 1.54) is 4.90 Å². The largest absolute Gasteiger partial charge is 0.351 e. The Morgan fingerprint density at radius 1 is 1.18 bits per heavy atom. The number of ketones is 1. The molecule has 0 aromatic rings. The first-order chi connectivity index (χ1) is 7.63. The van der Waals surface area contributed by atoms with Crippen LogP contribution in [0, 0.1) is 11.8 Å². The summed E-state index contributed by atoms with van der Waals surface area (Å²) in [6, 6.07) is -0.703. The molecule has 2 fully saturated rings. The first-order valence-electron chi connectivity index (χ1n) is 5.93. The highest BCUT2D eigenvalue weighted by Gasteiger charge is 2.45. The standard InChI is InChI=1S/C11H19N3O2.ClH/c12-5-7-1-3-8(4-2-7)10(15)9-6-14(9)11(13)16;/h7-9H,1-6,12H2,(H2,13,16);1H. The Balaban J connectivity index is 0.00000144. The van der Waals surface area contributed by atoms with E-state index in [-0.39, 0.29) is 30.2 Å². The summed E-state index contributed by atoms with van der Waals surface area (Å²) in [5.74, 6) is 0.905. The van der Waals surface area contributed by atoms with Crippen LogP contribution in [0.5, 0.6) is 0 Å². The van der Waals surface area contributed by atoms with Crippen LogP contribution in [0.25, 0.3) is 0 Å². The molecule has 1 aliphatic heterocycles. The SMILES string of the molecule is Cl.NCC1CCC(C(=O)C2CN2C(N)=O)CC1. The summed E-state index contributed by atoms with van der Waals surface area (Å²) in [6.07, 6.45) is 3.92. The van der Waals surface area contributed by atoms with Crippen molar-refractivity contribution in [2.45, 2.75) is 31.7 Å². The maximum Gasteiger partial charge on any atom is 0.315 e. The fourth-order valence-corrected chi connectivity index (χ4v) is 2.58. The van der Waals surface area contributed by atoms with Crippen LogP contribution in [-0.4, -0.2) is 35.8 Å². The zero-order valence-corrected chi connectivity index (χ0v) is 10.6. The number of urea groups is 1. The van der Waals surface area contributed by atoms with E-state index in [0.717, 1.165) is 32.2 Å². The van der Waals surface area contributed by atoms with Gasteiger partial charge in [0, 0.05) is 5.92 Å². The van der Waals surface area contributed by atoms with E-state index in [2.05, 4.69) is 0 Å². The van der Waals surface area contributed by atoms with Gasteiger partial charge in [-0.25, -0.2) is 4.79 Å². The van der Waals surface area contributed by atoms with Gasteiger partial charge in [-0.05, 0) is 38.1 Å². The summed E-state index contributed by atoms with van der Waals surface area (Å²) >= 11 is 0. The number of amides is 2. The minimum Gasteiger partial charge on any atom is -0.351 e. The number of halogens is 1. The van der Waals surface area contributed by atoms with Gasteiger partial charge in [0.05, 0.1) is 6.54 Å². The topological polar surface area (TPSA) is 89.2 Å². The molecule has 1 saturated carbocycles. The number of rotatable bonds is 3. The molecule has 2 rings (SSSR count). The molecule has 4 N–H and O–H groups in total. The third-order valence-electron chi connectivity index (χ3n) is 3.81. The van der Waals surface area contributed by atoms with E-state index >= 15 is 0 Å². The van der Waals surface area contributed by atoms with Crippen molar-refractivity contribution in [3.8, 4) is 0 Å². The molecule has 0 aromatic heterocycles. The van der Waals surface area contributed by atoms with E-state index < -0.39 is 6.03 Å². The lowest BCUT2D eigenvalue weighted by Gasteiger charge is -2.26. The molecular formula is C11H20ClN3O2. The molecule has 0 spiro atoms. The van der Waals surface area contributed by atoms with Crippen LogP contribution >= 0.6 is 12.4 Å². The van der Waals surface area contributed by atoms with Crippen molar-refractivity contribution in [3.63, 3.8) is 0 Å². The Kier molecular flexibility index (Phi) is 4.77. The van der Waals surface area contributed by atoms with Crippen molar-refractivity contribution in [2.24, 2.45) is 23.3 Å². The summed E-state index contributed by atoms with van der Waals surface area (Å²) in [4.78, 5) is 24.3. The molecule has 0 bridgehead atoms. The molecule has 1 unspecified atom stereocenters. The molecule has 1 heterocycles. The van der Waals surface area contributed by atoms with E-state index in [1.807, 2.05) is 0 Å². The quantitative estimate of drug-likeness (QED) is 0.725. The van der Waals surface area contributed by atoms with Crippen LogP contribution in [0.1, 0.15) is 25.7 Å². The summed E-state index contributed by atoms with van der Waals surface area (Å²) in [5.41, 5.74) is 10.7. The first kappa shape index (κ1) is 14.3. The third kappa shape index (κ3) is 3.10. The van der Waals surface area contributed by atoms with E-state index in [1.54, 1.807) is 0 Å². The maximum atomic E-state index is 12.0. The van der Waals surface area contributed by atoms with Crippen molar-refractivity contribution < 1.29 is 9.59 Å². The highest BCUT2D eigenvalue weighted by atomic mass is 35.5. The monoisotopic (exact) mass is 261 g/mol. The van der Waals surface area contributed by atoms with Crippen LogP contribution in [0.3, 0.4) is 0 Å². The number of carbonyl (C=O) groups is 2. The van der Waals surface area contributed by atoms with Crippen molar-refractivity contribution in [1.29, 1.82) is 0 Å². The Morgan fingerprint density at radius 2 is 1.76 bits per heavy atom. The normalized spacial score (nSPS) is 31.6. The van der Waals surface area contributed by atoms with Gasteiger partial charge in [0.1, 0.15) is 6.04 Å². The van der Waals surface area contributed by atoms with Gasteiger partial charge in [0.25, 0.3) is 0 Å². The molecule has 1 atom stereocenters. The Hall–Kier alpha value is -0.810. The molecule has 98 valence electrons. The van der Waals surface area contributed by atoms with Gasteiger partial charge in [-0.1, -0.05) is 0 Å². The van der Waals surface area contributed by atoms with Gasteiger partial charge in [0.2, 0.25) is 0 Å². The van der Waals surface area contributed by atoms with Gasteiger partial charge >= 0.3 is 6.03 Å². The number of carbonyl (C=O) groups excluding carboxylic acids is 2. The second kappa shape index (κ2) is 5.69. The number of hydrogen-bond acceptors (Lipinski definition) is 3. The van der Waals surface area contributed by atoms with Gasteiger partial charge in [-0.2, -0.15) is 0 Å². The van der Waals surface area contributed by atoms with Crippen LogP contribution in [0.2, 0.25) is 0 Å². The molecule has 1 saturated heterocycles. The smallest absolute Gasteiger partial charge is 0.315 e. The summed E-state index contributed by atoms with van der Waals surface area (Å²) in [5, 5.41) is 0. The number of nitrogens with two attached hydrogens (primary N) is 2. The lowest BCUT2D eigenvalue weighted by Crippen LogP contribution is -2.31.